The van der Waals surface area contributed by atoms with E-state index in [1.54, 1.807) is 6.26 Å². The molecule has 6 rings (SSSR count). The number of rotatable bonds is 5. The SMILES string of the molecule is Cc1noc(N2C=COC2c2ccc(-c3ccccc3)c(CN3Cc4ccccc4C3=O)c2)c1C. The molecule has 1 aromatic heterocycles. The number of aromatic nitrogens is 1. The number of amides is 1. The summed E-state index contributed by atoms with van der Waals surface area (Å²) in [5.41, 5.74) is 7.94. The van der Waals surface area contributed by atoms with Gasteiger partial charge in [0.25, 0.3) is 5.91 Å². The first-order valence-corrected chi connectivity index (χ1v) is 11.7. The highest BCUT2D eigenvalue weighted by Gasteiger charge is 2.31. The highest BCUT2D eigenvalue weighted by atomic mass is 16.5. The van der Waals surface area contributed by atoms with Gasteiger partial charge in [0.05, 0.1) is 5.69 Å². The van der Waals surface area contributed by atoms with Gasteiger partial charge in [0.1, 0.15) is 6.26 Å². The van der Waals surface area contributed by atoms with Crippen LogP contribution >= 0.6 is 0 Å². The van der Waals surface area contributed by atoms with Crippen LogP contribution in [0.25, 0.3) is 11.1 Å². The number of aryl methyl sites for hydroxylation is 1. The highest BCUT2D eigenvalue weighted by molar-refractivity contribution is 5.98. The highest BCUT2D eigenvalue weighted by Crippen LogP contribution is 2.38. The van der Waals surface area contributed by atoms with Crippen LogP contribution in [0.3, 0.4) is 0 Å². The van der Waals surface area contributed by atoms with Crippen molar-refractivity contribution in [3.63, 3.8) is 0 Å². The van der Waals surface area contributed by atoms with Gasteiger partial charge in [-0.25, -0.2) is 0 Å². The monoisotopic (exact) mass is 463 g/mol. The van der Waals surface area contributed by atoms with Crippen LogP contribution in [0.1, 0.15) is 44.5 Å². The Morgan fingerprint density at radius 2 is 1.77 bits per heavy atom. The van der Waals surface area contributed by atoms with E-state index in [1.165, 1.54) is 0 Å². The third-order valence-corrected chi connectivity index (χ3v) is 6.81. The number of fused-ring (bicyclic) bond motifs is 1. The molecule has 6 nitrogen and oxygen atoms in total. The van der Waals surface area contributed by atoms with Gasteiger partial charge in [-0.3, -0.25) is 9.69 Å². The van der Waals surface area contributed by atoms with Crippen molar-refractivity contribution >= 4 is 11.8 Å². The van der Waals surface area contributed by atoms with Crippen molar-refractivity contribution < 1.29 is 14.1 Å². The van der Waals surface area contributed by atoms with Crippen LogP contribution in [-0.4, -0.2) is 16.0 Å². The molecule has 0 radical (unpaired) electrons. The number of anilines is 1. The van der Waals surface area contributed by atoms with E-state index in [0.717, 1.165) is 44.6 Å². The number of carbonyl (C=O) groups is 1. The van der Waals surface area contributed by atoms with Gasteiger partial charge in [0.2, 0.25) is 12.1 Å². The lowest BCUT2D eigenvalue weighted by molar-refractivity contribution is 0.0767. The molecule has 0 fully saturated rings. The molecule has 0 saturated heterocycles. The third-order valence-electron chi connectivity index (χ3n) is 6.81. The number of carbonyl (C=O) groups excluding carboxylic acids is 1. The summed E-state index contributed by atoms with van der Waals surface area (Å²) in [7, 11) is 0. The van der Waals surface area contributed by atoms with E-state index in [-0.39, 0.29) is 12.1 Å². The maximum atomic E-state index is 13.1. The molecule has 2 aliphatic heterocycles. The first kappa shape index (κ1) is 21.2. The molecule has 4 aromatic rings. The Bertz CT molecular complexity index is 1440. The Kier molecular flexibility index (Phi) is 5.14. The largest absolute Gasteiger partial charge is 0.472 e. The van der Waals surface area contributed by atoms with Crippen molar-refractivity contribution in [1.29, 1.82) is 0 Å². The van der Waals surface area contributed by atoms with Crippen LogP contribution in [0.15, 0.2) is 89.8 Å². The molecule has 6 heteroatoms. The van der Waals surface area contributed by atoms with Crippen LogP contribution in [0.2, 0.25) is 0 Å². The van der Waals surface area contributed by atoms with Gasteiger partial charge < -0.3 is 14.2 Å². The van der Waals surface area contributed by atoms with E-state index in [9.17, 15) is 4.79 Å². The fourth-order valence-electron chi connectivity index (χ4n) is 4.82. The molecular weight excluding hydrogens is 438 g/mol. The van der Waals surface area contributed by atoms with Crippen molar-refractivity contribution in [3.05, 3.63) is 119 Å². The topological polar surface area (TPSA) is 58.8 Å². The molecule has 0 spiro atoms. The standard InChI is InChI=1S/C29H25N3O3/c1-19-20(2)30-35-28(19)32-14-15-34-29(32)22-12-13-25(21-8-4-3-5-9-21)24(16-22)18-31-17-23-10-6-7-11-26(23)27(31)33/h3-16,29H,17-18H2,1-2H3. The maximum Gasteiger partial charge on any atom is 0.254 e. The number of hydrogen-bond acceptors (Lipinski definition) is 5. The summed E-state index contributed by atoms with van der Waals surface area (Å²) < 4.78 is 11.6. The molecular formula is C29H25N3O3. The second-order valence-electron chi connectivity index (χ2n) is 8.98. The fourth-order valence-corrected chi connectivity index (χ4v) is 4.82. The van der Waals surface area contributed by atoms with E-state index in [1.807, 2.05) is 72.3 Å². The lowest BCUT2D eigenvalue weighted by atomic mass is 9.96. The van der Waals surface area contributed by atoms with Crippen molar-refractivity contribution in [3.8, 4) is 11.1 Å². The smallest absolute Gasteiger partial charge is 0.254 e. The minimum Gasteiger partial charge on any atom is -0.472 e. The predicted molar refractivity (Wildman–Crippen MR) is 133 cm³/mol. The van der Waals surface area contributed by atoms with Crippen LogP contribution < -0.4 is 4.90 Å². The third kappa shape index (κ3) is 3.67. The van der Waals surface area contributed by atoms with Gasteiger partial charge in [-0.15, -0.1) is 0 Å². The Hall–Kier alpha value is -4.32. The summed E-state index contributed by atoms with van der Waals surface area (Å²) in [6.45, 7) is 5.03. The van der Waals surface area contributed by atoms with E-state index in [2.05, 4.69) is 35.5 Å². The molecule has 0 bridgehead atoms. The lowest BCUT2D eigenvalue weighted by Crippen LogP contribution is -2.24. The van der Waals surface area contributed by atoms with Crippen molar-refractivity contribution in [1.82, 2.24) is 10.1 Å². The second-order valence-corrected chi connectivity index (χ2v) is 8.98. The molecule has 1 amide bonds. The molecule has 0 N–H and O–H groups in total. The van der Waals surface area contributed by atoms with Crippen LogP contribution in [-0.2, 0) is 17.8 Å². The van der Waals surface area contributed by atoms with Crippen LogP contribution in [0, 0.1) is 13.8 Å². The molecule has 3 aromatic carbocycles. The zero-order valence-corrected chi connectivity index (χ0v) is 19.6. The maximum absolute atomic E-state index is 13.1. The molecule has 3 heterocycles. The number of nitrogens with zero attached hydrogens (tertiary/aromatic N) is 3. The Labute approximate surface area is 204 Å². The summed E-state index contributed by atoms with van der Waals surface area (Å²) >= 11 is 0. The average Bonchev–Trinajstić information content (AvgIpc) is 3.58. The summed E-state index contributed by atoms with van der Waals surface area (Å²) in [5.74, 6) is 0.735. The molecule has 2 aliphatic rings. The number of benzene rings is 3. The van der Waals surface area contributed by atoms with E-state index >= 15 is 0 Å². The predicted octanol–water partition coefficient (Wildman–Crippen LogP) is 6.12. The Morgan fingerprint density at radius 3 is 2.54 bits per heavy atom. The normalized spacial score (nSPS) is 16.6. The summed E-state index contributed by atoms with van der Waals surface area (Å²) in [4.78, 5) is 17.0. The molecule has 174 valence electrons. The zero-order valence-electron chi connectivity index (χ0n) is 19.6. The first-order chi connectivity index (χ1) is 17.1. The molecule has 0 aliphatic carbocycles. The van der Waals surface area contributed by atoms with Gasteiger partial charge in [0, 0.05) is 36.0 Å². The quantitative estimate of drug-likeness (QED) is 0.357. The molecule has 35 heavy (non-hydrogen) atoms. The zero-order chi connectivity index (χ0) is 23.9. The van der Waals surface area contributed by atoms with Gasteiger partial charge in [0.15, 0.2) is 0 Å². The summed E-state index contributed by atoms with van der Waals surface area (Å²) in [5, 5.41) is 4.11. The molecule has 1 atom stereocenters. The Morgan fingerprint density at radius 1 is 0.971 bits per heavy atom. The minimum absolute atomic E-state index is 0.0678. The van der Waals surface area contributed by atoms with Crippen LogP contribution in [0.4, 0.5) is 5.88 Å². The molecule has 1 unspecified atom stereocenters. The summed E-state index contributed by atoms with van der Waals surface area (Å²) in [6, 6.07) is 24.4. The fraction of sp³-hybridized carbons (Fsp3) is 0.172. The minimum atomic E-state index is -0.379. The molecule has 0 saturated carbocycles. The number of hydrogen-bond donors (Lipinski definition) is 0. The van der Waals surface area contributed by atoms with E-state index in [4.69, 9.17) is 9.26 Å². The lowest BCUT2D eigenvalue weighted by Gasteiger charge is -2.25. The first-order valence-electron chi connectivity index (χ1n) is 11.7. The summed E-state index contributed by atoms with van der Waals surface area (Å²) in [6.07, 6.45) is 3.16. The van der Waals surface area contributed by atoms with Crippen molar-refractivity contribution in [2.75, 3.05) is 4.90 Å². The van der Waals surface area contributed by atoms with Gasteiger partial charge in [-0.1, -0.05) is 65.8 Å². The second kappa shape index (κ2) is 8.47. The van der Waals surface area contributed by atoms with Crippen molar-refractivity contribution in [2.24, 2.45) is 0 Å². The van der Waals surface area contributed by atoms with E-state index in [0.29, 0.717) is 19.0 Å². The van der Waals surface area contributed by atoms with E-state index < -0.39 is 0 Å². The van der Waals surface area contributed by atoms with Crippen molar-refractivity contribution in [2.45, 2.75) is 33.2 Å². The Balaban J connectivity index is 1.38. The van der Waals surface area contributed by atoms with Gasteiger partial charge in [-0.2, -0.15) is 0 Å². The van der Waals surface area contributed by atoms with Gasteiger partial charge >= 0.3 is 0 Å². The average molecular weight is 464 g/mol. The van der Waals surface area contributed by atoms with Gasteiger partial charge in [-0.05, 0) is 48.2 Å². The van der Waals surface area contributed by atoms with Crippen LogP contribution in [0.5, 0.6) is 0 Å². The number of ether oxygens (including phenoxy) is 1.